The van der Waals surface area contributed by atoms with Crippen LogP contribution in [0.1, 0.15) is 5.56 Å². The number of nitrogens with one attached hydrogen (secondary N) is 1. The molecule has 6 nitrogen and oxygen atoms in total. The molecule has 0 saturated heterocycles. The van der Waals surface area contributed by atoms with Gasteiger partial charge in [-0.2, -0.15) is 5.26 Å². The zero-order chi connectivity index (χ0) is 17.4. The van der Waals surface area contributed by atoms with Gasteiger partial charge in [0.1, 0.15) is 12.4 Å². The third kappa shape index (κ3) is 4.23. The van der Waals surface area contributed by atoms with Gasteiger partial charge in [0.2, 0.25) is 5.75 Å². The van der Waals surface area contributed by atoms with Gasteiger partial charge in [0, 0.05) is 24.4 Å². The Balaban J connectivity index is 1.93. The van der Waals surface area contributed by atoms with Crippen molar-refractivity contribution >= 4 is 5.69 Å². The lowest BCUT2D eigenvalue weighted by Gasteiger charge is -2.15. The maximum atomic E-state index is 8.76. The smallest absolute Gasteiger partial charge is 0.203 e. The summed E-state index contributed by atoms with van der Waals surface area (Å²) >= 11 is 0. The predicted molar refractivity (Wildman–Crippen MR) is 91.2 cm³/mol. The molecule has 0 atom stereocenters. The van der Waals surface area contributed by atoms with E-state index in [0.29, 0.717) is 36.0 Å². The molecular formula is C18H20N2O4. The van der Waals surface area contributed by atoms with Crippen LogP contribution in [0.2, 0.25) is 0 Å². The second-order valence-electron chi connectivity index (χ2n) is 4.83. The summed E-state index contributed by atoms with van der Waals surface area (Å²) in [5.74, 6) is 2.46. The van der Waals surface area contributed by atoms with Crippen LogP contribution < -0.4 is 24.3 Å². The molecule has 0 aliphatic rings. The van der Waals surface area contributed by atoms with Gasteiger partial charge in [-0.1, -0.05) is 0 Å². The highest BCUT2D eigenvalue weighted by Crippen LogP contribution is 2.39. The molecule has 1 N–H and O–H groups in total. The summed E-state index contributed by atoms with van der Waals surface area (Å²) in [6.07, 6.45) is 0. The van der Waals surface area contributed by atoms with Gasteiger partial charge in [0.15, 0.2) is 11.5 Å². The van der Waals surface area contributed by atoms with Gasteiger partial charge in [-0.25, -0.2) is 0 Å². The van der Waals surface area contributed by atoms with E-state index in [2.05, 4.69) is 11.4 Å². The number of hydrogen-bond donors (Lipinski definition) is 1. The van der Waals surface area contributed by atoms with Crippen LogP contribution in [0.25, 0.3) is 0 Å². The van der Waals surface area contributed by atoms with Gasteiger partial charge >= 0.3 is 0 Å². The van der Waals surface area contributed by atoms with Crippen molar-refractivity contribution in [2.24, 2.45) is 0 Å². The molecule has 0 unspecified atom stereocenters. The van der Waals surface area contributed by atoms with E-state index in [4.69, 9.17) is 24.2 Å². The molecule has 0 bridgehead atoms. The molecule has 0 spiro atoms. The largest absolute Gasteiger partial charge is 0.493 e. The minimum atomic E-state index is 0.475. The van der Waals surface area contributed by atoms with E-state index in [-0.39, 0.29) is 0 Å². The molecule has 0 aromatic heterocycles. The normalized spacial score (nSPS) is 9.75. The highest BCUT2D eigenvalue weighted by molar-refractivity contribution is 5.62. The molecule has 2 aromatic carbocycles. The first-order valence-corrected chi connectivity index (χ1v) is 7.38. The Morgan fingerprint density at radius 2 is 1.58 bits per heavy atom. The Labute approximate surface area is 141 Å². The van der Waals surface area contributed by atoms with Crippen LogP contribution in [0.15, 0.2) is 36.4 Å². The third-order valence-electron chi connectivity index (χ3n) is 3.35. The molecule has 0 radical (unpaired) electrons. The summed E-state index contributed by atoms with van der Waals surface area (Å²) in [6, 6.07) is 12.7. The van der Waals surface area contributed by atoms with Gasteiger partial charge in [0.05, 0.1) is 33.0 Å². The lowest BCUT2D eigenvalue weighted by Crippen LogP contribution is -2.11. The lowest BCUT2D eigenvalue weighted by atomic mass is 10.2. The van der Waals surface area contributed by atoms with Crippen molar-refractivity contribution in [3.05, 3.63) is 42.0 Å². The van der Waals surface area contributed by atoms with Crippen molar-refractivity contribution in [2.75, 3.05) is 39.8 Å². The predicted octanol–water partition coefficient (Wildman–Crippen LogP) is 3.07. The van der Waals surface area contributed by atoms with Crippen molar-refractivity contribution in [3.8, 4) is 29.1 Å². The molecule has 0 saturated carbocycles. The van der Waals surface area contributed by atoms with Gasteiger partial charge in [-0.3, -0.25) is 0 Å². The summed E-state index contributed by atoms with van der Waals surface area (Å²) in [7, 11) is 4.73. The fourth-order valence-corrected chi connectivity index (χ4v) is 2.17. The number of rotatable bonds is 8. The van der Waals surface area contributed by atoms with Crippen LogP contribution in [0.4, 0.5) is 5.69 Å². The Kier molecular flexibility index (Phi) is 6.15. The Morgan fingerprint density at radius 3 is 2.08 bits per heavy atom. The Hall–Kier alpha value is -3.07. The van der Waals surface area contributed by atoms with Crippen LogP contribution in [-0.4, -0.2) is 34.5 Å². The second kappa shape index (κ2) is 8.53. The molecule has 2 rings (SSSR count). The topological polar surface area (TPSA) is 72.7 Å². The molecule has 24 heavy (non-hydrogen) atoms. The van der Waals surface area contributed by atoms with Gasteiger partial charge in [-0.15, -0.1) is 0 Å². The lowest BCUT2D eigenvalue weighted by molar-refractivity contribution is 0.324. The van der Waals surface area contributed by atoms with E-state index in [1.165, 1.54) is 0 Å². The van der Waals surface area contributed by atoms with Crippen molar-refractivity contribution in [1.29, 1.82) is 5.26 Å². The quantitative estimate of drug-likeness (QED) is 0.751. The van der Waals surface area contributed by atoms with E-state index in [0.717, 1.165) is 11.4 Å². The number of nitrogens with zero attached hydrogens (tertiary/aromatic N) is 1. The summed E-state index contributed by atoms with van der Waals surface area (Å²) < 4.78 is 21.5. The molecule has 0 aliphatic carbocycles. The molecule has 0 aliphatic heterocycles. The minimum Gasteiger partial charge on any atom is -0.493 e. The van der Waals surface area contributed by atoms with Crippen LogP contribution >= 0.6 is 0 Å². The summed E-state index contributed by atoms with van der Waals surface area (Å²) in [5, 5.41) is 12.0. The average Bonchev–Trinajstić information content (AvgIpc) is 2.64. The fourth-order valence-electron chi connectivity index (χ4n) is 2.17. The first kappa shape index (κ1) is 17.3. The summed E-state index contributed by atoms with van der Waals surface area (Å²) in [6.45, 7) is 1.07. The first-order valence-electron chi connectivity index (χ1n) is 7.38. The number of anilines is 1. The van der Waals surface area contributed by atoms with E-state index in [9.17, 15) is 0 Å². The van der Waals surface area contributed by atoms with Crippen molar-refractivity contribution in [2.45, 2.75) is 0 Å². The van der Waals surface area contributed by atoms with E-state index in [1.807, 2.05) is 12.1 Å². The maximum Gasteiger partial charge on any atom is 0.203 e. The molecule has 2 aromatic rings. The van der Waals surface area contributed by atoms with Crippen LogP contribution in [-0.2, 0) is 0 Å². The number of nitriles is 1. The van der Waals surface area contributed by atoms with Crippen LogP contribution in [0.3, 0.4) is 0 Å². The maximum absolute atomic E-state index is 8.76. The minimum absolute atomic E-state index is 0.475. The van der Waals surface area contributed by atoms with Crippen LogP contribution in [0.5, 0.6) is 23.0 Å². The number of benzene rings is 2. The van der Waals surface area contributed by atoms with Gasteiger partial charge in [0.25, 0.3) is 0 Å². The number of methoxy groups -OCH3 is 3. The molecule has 0 fully saturated rings. The fraction of sp³-hybridized carbons (Fsp3) is 0.278. The van der Waals surface area contributed by atoms with Crippen LogP contribution in [0, 0.1) is 11.3 Å². The van der Waals surface area contributed by atoms with Gasteiger partial charge in [-0.05, 0) is 24.3 Å². The average molecular weight is 328 g/mol. The zero-order valence-electron chi connectivity index (χ0n) is 14.0. The molecule has 6 heteroatoms. The van der Waals surface area contributed by atoms with Crippen molar-refractivity contribution in [3.63, 3.8) is 0 Å². The third-order valence-corrected chi connectivity index (χ3v) is 3.35. The molecule has 0 amide bonds. The van der Waals surface area contributed by atoms with E-state index < -0.39 is 0 Å². The molecular weight excluding hydrogens is 308 g/mol. The van der Waals surface area contributed by atoms with Crippen molar-refractivity contribution in [1.82, 2.24) is 0 Å². The summed E-state index contributed by atoms with van der Waals surface area (Å²) in [4.78, 5) is 0. The number of ether oxygens (including phenoxy) is 4. The number of hydrogen-bond acceptors (Lipinski definition) is 6. The van der Waals surface area contributed by atoms with E-state index >= 15 is 0 Å². The SMILES string of the molecule is COc1cc(NCCOc2ccc(C#N)cc2)cc(OC)c1OC. The van der Waals surface area contributed by atoms with Crippen molar-refractivity contribution < 1.29 is 18.9 Å². The second-order valence-corrected chi connectivity index (χ2v) is 4.83. The highest BCUT2D eigenvalue weighted by atomic mass is 16.5. The molecule has 0 heterocycles. The highest BCUT2D eigenvalue weighted by Gasteiger charge is 2.12. The Morgan fingerprint density at radius 1 is 0.958 bits per heavy atom. The zero-order valence-corrected chi connectivity index (χ0v) is 14.0. The Bertz CT molecular complexity index is 683. The first-order chi connectivity index (χ1) is 11.7. The summed E-state index contributed by atoms with van der Waals surface area (Å²) in [5.41, 5.74) is 1.45. The van der Waals surface area contributed by atoms with E-state index in [1.54, 1.807) is 45.6 Å². The van der Waals surface area contributed by atoms with Gasteiger partial charge < -0.3 is 24.3 Å². The standard InChI is InChI=1S/C18H20N2O4/c1-21-16-10-14(11-17(22-2)18(16)23-3)20-8-9-24-15-6-4-13(12-19)5-7-15/h4-7,10-11,20H,8-9H2,1-3H3. The molecule has 126 valence electrons. The monoisotopic (exact) mass is 328 g/mol.